The Morgan fingerprint density at radius 2 is 1.59 bits per heavy atom. The van der Waals surface area contributed by atoms with E-state index in [1.54, 1.807) is 31.2 Å². The number of nitrogens with zero attached hydrogens (tertiary/aromatic N) is 2. The molecular weight excluding hydrogens is 495 g/mol. The van der Waals surface area contributed by atoms with Crippen LogP contribution < -0.4 is 15.5 Å². The lowest BCUT2D eigenvalue weighted by Crippen LogP contribution is -2.50. The van der Waals surface area contributed by atoms with E-state index in [0.717, 1.165) is 23.2 Å². The molecule has 0 saturated carbocycles. The van der Waals surface area contributed by atoms with Crippen LogP contribution in [0.25, 0.3) is 0 Å². The summed E-state index contributed by atoms with van der Waals surface area (Å²) in [5, 5.41) is 5.73. The lowest BCUT2D eigenvalue weighted by atomic mass is 9.94. The van der Waals surface area contributed by atoms with Crippen molar-refractivity contribution in [3.63, 3.8) is 0 Å². The maximum atomic E-state index is 13.3. The van der Waals surface area contributed by atoms with Crippen LogP contribution in [0, 0.1) is 5.82 Å². The number of piperazine rings is 1. The van der Waals surface area contributed by atoms with Gasteiger partial charge in [-0.2, -0.15) is 0 Å². The van der Waals surface area contributed by atoms with E-state index in [1.807, 2.05) is 48.2 Å². The predicted octanol–water partition coefficient (Wildman–Crippen LogP) is 4.95. The third-order valence-electron chi connectivity index (χ3n) is 7.05. The van der Waals surface area contributed by atoms with Crippen molar-refractivity contribution in [2.45, 2.75) is 39.2 Å². The van der Waals surface area contributed by atoms with Crippen molar-refractivity contribution >= 4 is 29.1 Å². The molecular formula is C31H35FN4O3. The molecule has 1 saturated heterocycles. The van der Waals surface area contributed by atoms with Gasteiger partial charge in [-0.05, 0) is 47.9 Å². The van der Waals surface area contributed by atoms with Gasteiger partial charge >= 0.3 is 0 Å². The molecule has 0 spiro atoms. The number of hydrogen-bond acceptors (Lipinski definition) is 4. The maximum Gasteiger partial charge on any atom is 0.253 e. The van der Waals surface area contributed by atoms with Crippen LogP contribution in [-0.2, 0) is 16.1 Å². The molecule has 204 valence electrons. The topological polar surface area (TPSA) is 81.8 Å². The number of carbonyl (C=O) groups excluding carboxylic acids is 3. The summed E-state index contributed by atoms with van der Waals surface area (Å²) in [6.07, 6.45) is 1.05. The number of amides is 3. The number of carbonyl (C=O) groups is 3. The average Bonchev–Trinajstić information content (AvgIpc) is 2.97. The quantitative estimate of drug-likeness (QED) is 0.410. The van der Waals surface area contributed by atoms with Gasteiger partial charge in [-0.15, -0.1) is 0 Å². The number of nitrogens with one attached hydrogen (secondary N) is 2. The molecule has 4 rings (SSSR count). The average molecular weight is 531 g/mol. The molecule has 3 amide bonds. The summed E-state index contributed by atoms with van der Waals surface area (Å²) in [7, 11) is 0. The van der Waals surface area contributed by atoms with E-state index in [4.69, 9.17) is 0 Å². The molecule has 0 radical (unpaired) electrons. The molecule has 0 aromatic heterocycles. The maximum absolute atomic E-state index is 13.3. The van der Waals surface area contributed by atoms with Gasteiger partial charge in [0.2, 0.25) is 11.8 Å². The first-order valence-corrected chi connectivity index (χ1v) is 13.4. The Balaban J connectivity index is 1.49. The molecule has 0 bridgehead atoms. The molecule has 1 aliphatic rings. The molecule has 2 N–H and O–H groups in total. The van der Waals surface area contributed by atoms with Crippen LogP contribution in [-0.4, -0.2) is 48.8 Å². The second-order valence-corrected chi connectivity index (χ2v) is 9.63. The van der Waals surface area contributed by atoms with Crippen LogP contribution in [0.3, 0.4) is 0 Å². The molecule has 7 nitrogen and oxygen atoms in total. The monoisotopic (exact) mass is 530 g/mol. The van der Waals surface area contributed by atoms with Crippen LogP contribution in [0.4, 0.5) is 15.8 Å². The summed E-state index contributed by atoms with van der Waals surface area (Å²) in [5.41, 5.74) is 3.51. The van der Waals surface area contributed by atoms with E-state index in [9.17, 15) is 18.8 Å². The van der Waals surface area contributed by atoms with Gasteiger partial charge in [0, 0.05) is 50.5 Å². The van der Waals surface area contributed by atoms with Crippen molar-refractivity contribution in [2.24, 2.45) is 0 Å². The molecule has 3 aromatic carbocycles. The lowest BCUT2D eigenvalue weighted by molar-refractivity contribution is -0.133. The molecule has 0 unspecified atom stereocenters. The predicted molar refractivity (Wildman–Crippen MR) is 151 cm³/mol. The fraction of sp³-hybridized carbons (Fsp3) is 0.323. The molecule has 0 aliphatic carbocycles. The first kappa shape index (κ1) is 27.8. The van der Waals surface area contributed by atoms with E-state index in [-0.39, 0.29) is 36.0 Å². The zero-order valence-electron chi connectivity index (χ0n) is 22.5. The van der Waals surface area contributed by atoms with Crippen molar-refractivity contribution in [2.75, 3.05) is 36.4 Å². The first-order valence-electron chi connectivity index (χ1n) is 13.4. The highest BCUT2D eigenvalue weighted by Gasteiger charge is 2.29. The lowest BCUT2D eigenvalue weighted by Gasteiger charge is -2.38. The van der Waals surface area contributed by atoms with Crippen molar-refractivity contribution in [1.82, 2.24) is 10.2 Å². The van der Waals surface area contributed by atoms with Gasteiger partial charge in [-0.25, -0.2) is 4.39 Å². The minimum absolute atomic E-state index is 0.123. The highest BCUT2D eigenvalue weighted by Crippen LogP contribution is 2.28. The Morgan fingerprint density at radius 3 is 2.23 bits per heavy atom. The van der Waals surface area contributed by atoms with Gasteiger partial charge in [0.05, 0.1) is 11.5 Å². The van der Waals surface area contributed by atoms with Crippen LogP contribution in [0.2, 0.25) is 0 Å². The fourth-order valence-electron chi connectivity index (χ4n) is 4.83. The smallest absolute Gasteiger partial charge is 0.253 e. The van der Waals surface area contributed by atoms with Crippen LogP contribution in [0.15, 0.2) is 72.8 Å². The second kappa shape index (κ2) is 13.0. The van der Waals surface area contributed by atoms with E-state index in [1.165, 1.54) is 12.1 Å². The van der Waals surface area contributed by atoms with E-state index >= 15 is 0 Å². The summed E-state index contributed by atoms with van der Waals surface area (Å²) in [5.74, 6) is -0.823. The summed E-state index contributed by atoms with van der Waals surface area (Å²) in [6.45, 7) is 6.29. The van der Waals surface area contributed by atoms with Crippen molar-refractivity contribution < 1.29 is 18.8 Å². The zero-order valence-corrected chi connectivity index (χ0v) is 22.5. The SMILES string of the molecule is CCC(=O)Nc1ccc(N2CCN(C(=O)[C@H](CC)c3ccccc3)CC2)c(C(=O)NCc2ccc(F)cc2)c1. The summed E-state index contributed by atoms with van der Waals surface area (Å²) in [4.78, 5) is 42.7. The van der Waals surface area contributed by atoms with Gasteiger partial charge in [0.25, 0.3) is 5.91 Å². The molecule has 3 aromatic rings. The summed E-state index contributed by atoms with van der Waals surface area (Å²) in [6, 6.07) is 21.1. The minimum Gasteiger partial charge on any atom is -0.367 e. The van der Waals surface area contributed by atoms with E-state index in [2.05, 4.69) is 15.5 Å². The highest BCUT2D eigenvalue weighted by molar-refractivity contribution is 6.02. The zero-order chi connectivity index (χ0) is 27.8. The second-order valence-electron chi connectivity index (χ2n) is 9.63. The van der Waals surface area contributed by atoms with E-state index in [0.29, 0.717) is 43.9 Å². The summed E-state index contributed by atoms with van der Waals surface area (Å²) >= 11 is 0. The standard InChI is InChI=1S/C31H35FN4O3/c1-3-26(23-8-6-5-7-9-23)31(39)36-18-16-35(17-19-36)28-15-14-25(34-29(37)4-2)20-27(28)30(38)33-21-22-10-12-24(32)13-11-22/h5-15,20,26H,3-4,16-19,21H2,1-2H3,(H,33,38)(H,34,37)/t26-/m1/s1. The normalized spacial score (nSPS) is 14.0. The molecule has 1 fully saturated rings. The van der Waals surface area contributed by atoms with Gasteiger partial charge in [0.1, 0.15) is 5.82 Å². The molecule has 1 heterocycles. The van der Waals surface area contributed by atoms with Crippen molar-refractivity contribution in [3.8, 4) is 0 Å². The minimum atomic E-state index is -0.335. The van der Waals surface area contributed by atoms with Crippen molar-refractivity contribution in [1.29, 1.82) is 0 Å². The molecule has 1 atom stereocenters. The number of halogens is 1. The van der Waals surface area contributed by atoms with Gasteiger partial charge in [-0.3, -0.25) is 14.4 Å². The first-order chi connectivity index (χ1) is 18.9. The Kier molecular flexibility index (Phi) is 9.31. The van der Waals surface area contributed by atoms with Crippen LogP contribution >= 0.6 is 0 Å². The van der Waals surface area contributed by atoms with E-state index < -0.39 is 0 Å². The molecule has 8 heteroatoms. The molecule has 39 heavy (non-hydrogen) atoms. The Hall–Kier alpha value is -4.20. The Morgan fingerprint density at radius 1 is 0.897 bits per heavy atom. The highest BCUT2D eigenvalue weighted by atomic mass is 19.1. The van der Waals surface area contributed by atoms with Gasteiger partial charge in [0.15, 0.2) is 0 Å². The number of rotatable bonds is 9. The number of hydrogen-bond donors (Lipinski definition) is 2. The summed E-state index contributed by atoms with van der Waals surface area (Å²) < 4.78 is 13.3. The number of anilines is 2. The van der Waals surface area contributed by atoms with Gasteiger partial charge < -0.3 is 20.4 Å². The Labute approximate surface area is 229 Å². The van der Waals surface area contributed by atoms with Crippen LogP contribution in [0.1, 0.15) is 54.1 Å². The Bertz CT molecular complexity index is 1290. The third-order valence-corrected chi connectivity index (χ3v) is 7.05. The third kappa shape index (κ3) is 7.02. The fourth-order valence-corrected chi connectivity index (χ4v) is 4.83. The molecule has 1 aliphatic heterocycles. The number of benzene rings is 3. The van der Waals surface area contributed by atoms with Gasteiger partial charge in [-0.1, -0.05) is 56.3 Å². The van der Waals surface area contributed by atoms with Crippen molar-refractivity contribution in [3.05, 3.63) is 95.3 Å². The van der Waals surface area contributed by atoms with Crippen LogP contribution in [0.5, 0.6) is 0 Å². The largest absolute Gasteiger partial charge is 0.367 e.